The number of likely N-dealkylation sites (tertiary alicyclic amines) is 1. The van der Waals surface area contributed by atoms with Gasteiger partial charge < -0.3 is 4.90 Å². The molecule has 0 N–H and O–H groups in total. The van der Waals surface area contributed by atoms with Crippen molar-refractivity contribution in [1.29, 1.82) is 0 Å². The Morgan fingerprint density at radius 1 is 1.16 bits per heavy atom. The largest absolute Gasteiger partial charge is 0.338 e. The maximum Gasteiger partial charge on any atom is 0.280 e. The summed E-state index contributed by atoms with van der Waals surface area (Å²) in [5.74, 6) is -0.987. The van der Waals surface area contributed by atoms with Crippen LogP contribution in [0.3, 0.4) is 0 Å². The molecule has 0 aromatic carbocycles. The standard InChI is InChI=1S/C21H21F3N6O/c1-11-7-14(17(22)18(27-11)12-4-5-12)20(31)29-6-2-3-13(9-29)16-8-15(19(23)24)28-21-25-10-26-30(16)21/h7-8,10,12-13,19H,2-6,9H2,1H3/t13-/m0/s1. The summed E-state index contributed by atoms with van der Waals surface area (Å²) in [6.45, 7) is 2.51. The molecule has 10 heteroatoms. The highest BCUT2D eigenvalue weighted by Crippen LogP contribution is 2.41. The van der Waals surface area contributed by atoms with Crippen LogP contribution in [0.15, 0.2) is 18.5 Å². The third-order valence-corrected chi connectivity index (χ3v) is 5.96. The van der Waals surface area contributed by atoms with Crippen LogP contribution in [0.25, 0.3) is 5.78 Å². The number of halogens is 3. The molecule has 0 radical (unpaired) electrons. The van der Waals surface area contributed by atoms with E-state index in [0.29, 0.717) is 36.5 Å². The lowest BCUT2D eigenvalue weighted by molar-refractivity contribution is 0.0699. The minimum absolute atomic E-state index is 0.0314. The number of alkyl halides is 2. The molecule has 0 bridgehead atoms. The van der Waals surface area contributed by atoms with Gasteiger partial charge >= 0.3 is 0 Å². The zero-order chi connectivity index (χ0) is 21.7. The Hall–Kier alpha value is -3.04. The summed E-state index contributed by atoms with van der Waals surface area (Å²) >= 11 is 0. The van der Waals surface area contributed by atoms with E-state index >= 15 is 4.39 Å². The number of hydrogen-bond donors (Lipinski definition) is 0. The van der Waals surface area contributed by atoms with Gasteiger partial charge in [-0.3, -0.25) is 9.78 Å². The lowest BCUT2D eigenvalue weighted by Crippen LogP contribution is -2.40. The predicted molar refractivity (Wildman–Crippen MR) is 105 cm³/mol. The second-order valence-electron chi connectivity index (χ2n) is 8.25. The monoisotopic (exact) mass is 430 g/mol. The topological polar surface area (TPSA) is 76.3 Å². The van der Waals surface area contributed by atoms with E-state index in [2.05, 4.69) is 20.1 Å². The maximum absolute atomic E-state index is 15.1. The van der Waals surface area contributed by atoms with Gasteiger partial charge in [0, 0.05) is 30.6 Å². The first-order valence-electron chi connectivity index (χ1n) is 10.4. The van der Waals surface area contributed by atoms with Gasteiger partial charge in [0.15, 0.2) is 5.82 Å². The SMILES string of the molecule is Cc1cc(C(=O)N2CCC[C@H](c3cc(C(F)F)nc4ncnn34)C2)c(F)c(C2CC2)n1. The molecule has 2 fully saturated rings. The van der Waals surface area contributed by atoms with Crippen LogP contribution in [0.2, 0.25) is 0 Å². The Labute approximate surface area is 176 Å². The molecule has 3 aromatic rings. The zero-order valence-electron chi connectivity index (χ0n) is 16.9. The fourth-order valence-electron chi connectivity index (χ4n) is 4.29. The number of amides is 1. The first-order chi connectivity index (χ1) is 14.9. The Morgan fingerprint density at radius 3 is 2.71 bits per heavy atom. The molecule has 1 saturated carbocycles. The minimum Gasteiger partial charge on any atom is -0.338 e. The Morgan fingerprint density at radius 2 is 1.97 bits per heavy atom. The van der Waals surface area contributed by atoms with Crippen LogP contribution in [0.1, 0.15) is 77.1 Å². The Balaban J connectivity index is 1.46. The van der Waals surface area contributed by atoms with E-state index in [-0.39, 0.29) is 35.4 Å². The van der Waals surface area contributed by atoms with Crippen molar-refractivity contribution in [3.63, 3.8) is 0 Å². The van der Waals surface area contributed by atoms with Crippen LogP contribution in [-0.2, 0) is 0 Å². The molecular formula is C21H21F3N6O. The van der Waals surface area contributed by atoms with Gasteiger partial charge in [-0.05, 0) is 44.7 Å². The molecule has 4 heterocycles. The molecular weight excluding hydrogens is 409 g/mol. The van der Waals surface area contributed by atoms with Crippen molar-refractivity contribution in [2.24, 2.45) is 0 Å². The van der Waals surface area contributed by atoms with E-state index in [1.54, 1.807) is 11.8 Å². The van der Waals surface area contributed by atoms with E-state index in [1.807, 2.05) is 0 Å². The summed E-state index contributed by atoms with van der Waals surface area (Å²) in [6.07, 6.45) is 1.65. The minimum atomic E-state index is -2.74. The molecule has 1 saturated heterocycles. The summed E-state index contributed by atoms with van der Waals surface area (Å²) in [5.41, 5.74) is 1.17. The maximum atomic E-state index is 15.1. The Kier molecular flexibility index (Phi) is 4.86. The predicted octanol–water partition coefficient (Wildman–Crippen LogP) is 3.80. The average molecular weight is 430 g/mol. The lowest BCUT2D eigenvalue weighted by Gasteiger charge is -2.33. The second-order valence-corrected chi connectivity index (χ2v) is 8.25. The number of aryl methyl sites for hydroxylation is 1. The summed E-state index contributed by atoms with van der Waals surface area (Å²) in [4.78, 5) is 26.9. The van der Waals surface area contributed by atoms with Gasteiger partial charge in [0.05, 0.1) is 17.0 Å². The van der Waals surface area contributed by atoms with Crippen LogP contribution in [0.4, 0.5) is 13.2 Å². The van der Waals surface area contributed by atoms with Gasteiger partial charge in [0.2, 0.25) is 0 Å². The second kappa shape index (κ2) is 7.58. The van der Waals surface area contributed by atoms with Gasteiger partial charge in [-0.1, -0.05) is 0 Å². The molecule has 31 heavy (non-hydrogen) atoms. The number of nitrogens with zero attached hydrogens (tertiary/aromatic N) is 6. The molecule has 1 aliphatic heterocycles. The lowest BCUT2D eigenvalue weighted by atomic mass is 9.93. The molecule has 1 aliphatic carbocycles. The molecule has 0 unspecified atom stereocenters. The highest BCUT2D eigenvalue weighted by molar-refractivity contribution is 5.95. The Bertz CT molecular complexity index is 1160. The normalized spacial score (nSPS) is 19.4. The number of fused-ring (bicyclic) bond motifs is 1. The van der Waals surface area contributed by atoms with E-state index in [9.17, 15) is 13.6 Å². The molecule has 1 amide bonds. The van der Waals surface area contributed by atoms with Crippen LogP contribution in [-0.4, -0.2) is 48.5 Å². The smallest absolute Gasteiger partial charge is 0.280 e. The van der Waals surface area contributed by atoms with Gasteiger partial charge in [0.1, 0.15) is 12.0 Å². The number of pyridine rings is 1. The molecule has 5 rings (SSSR count). The van der Waals surface area contributed by atoms with Crippen molar-refractivity contribution >= 4 is 11.7 Å². The molecule has 2 aliphatic rings. The molecule has 0 spiro atoms. The number of aromatic nitrogens is 5. The number of carbonyl (C=O) groups is 1. The summed E-state index contributed by atoms with van der Waals surface area (Å²) in [6, 6.07) is 2.82. The quantitative estimate of drug-likeness (QED) is 0.629. The van der Waals surface area contributed by atoms with E-state index in [0.717, 1.165) is 12.8 Å². The number of piperidine rings is 1. The number of hydrogen-bond acceptors (Lipinski definition) is 5. The summed E-state index contributed by atoms with van der Waals surface area (Å²) in [7, 11) is 0. The zero-order valence-corrected chi connectivity index (χ0v) is 16.9. The summed E-state index contributed by atoms with van der Waals surface area (Å²) < 4.78 is 43.2. The van der Waals surface area contributed by atoms with E-state index in [1.165, 1.54) is 23.0 Å². The van der Waals surface area contributed by atoms with Crippen LogP contribution < -0.4 is 0 Å². The number of carbonyl (C=O) groups excluding carboxylic acids is 1. The van der Waals surface area contributed by atoms with Crippen molar-refractivity contribution in [2.45, 2.75) is 50.9 Å². The third-order valence-electron chi connectivity index (χ3n) is 5.96. The van der Waals surface area contributed by atoms with Gasteiger partial charge in [-0.25, -0.2) is 22.7 Å². The average Bonchev–Trinajstić information content (AvgIpc) is 3.50. The van der Waals surface area contributed by atoms with E-state index in [4.69, 9.17) is 0 Å². The summed E-state index contributed by atoms with van der Waals surface area (Å²) in [5, 5.41) is 4.11. The highest BCUT2D eigenvalue weighted by atomic mass is 19.3. The van der Waals surface area contributed by atoms with Crippen LogP contribution >= 0.6 is 0 Å². The fourth-order valence-corrected chi connectivity index (χ4v) is 4.29. The highest BCUT2D eigenvalue weighted by Gasteiger charge is 2.34. The van der Waals surface area contributed by atoms with Gasteiger partial charge in [0.25, 0.3) is 18.1 Å². The fraction of sp³-hybridized carbons (Fsp3) is 0.476. The van der Waals surface area contributed by atoms with E-state index < -0.39 is 18.1 Å². The van der Waals surface area contributed by atoms with Gasteiger partial charge in [-0.2, -0.15) is 10.1 Å². The van der Waals surface area contributed by atoms with Crippen molar-refractivity contribution in [1.82, 2.24) is 29.5 Å². The van der Waals surface area contributed by atoms with Crippen molar-refractivity contribution < 1.29 is 18.0 Å². The van der Waals surface area contributed by atoms with Crippen LogP contribution in [0, 0.1) is 12.7 Å². The third kappa shape index (κ3) is 3.64. The molecule has 162 valence electrons. The first kappa shape index (κ1) is 19.9. The molecule has 1 atom stereocenters. The van der Waals surface area contributed by atoms with Crippen LogP contribution in [0.5, 0.6) is 0 Å². The molecule has 3 aromatic heterocycles. The molecule has 7 nitrogen and oxygen atoms in total. The van der Waals surface area contributed by atoms with Crippen molar-refractivity contribution in [2.75, 3.05) is 13.1 Å². The van der Waals surface area contributed by atoms with Gasteiger partial charge in [-0.15, -0.1) is 0 Å². The van der Waals surface area contributed by atoms with Crippen molar-refractivity contribution in [3.8, 4) is 0 Å². The number of rotatable bonds is 4. The van der Waals surface area contributed by atoms with Crippen molar-refractivity contribution in [3.05, 3.63) is 52.6 Å². The first-order valence-corrected chi connectivity index (χ1v) is 10.4.